The standard InChI is InChI=1S/C16H17ClFNO/c1-10-7-13(17)8-11(2)16(10)20-15-4-3-14(18)9-12(15)5-6-19/h3-4,7-9H,5-6,19H2,1-2H3. The fourth-order valence-corrected chi connectivity index (χ4v) is 2.49. The molecule has 0 radical (unpaired) electrons. The van der Waals surface area contributed by atoms with Gasteiger partial charge in [-0.2, -0.15) is 0 Å². The first-order valence-corrected chi connectivity index (χ1v) is 6.82. The third-order valence-electron chi connectivity index (χ3n) is 3.07. The van der Waals surface area contributed by atoms with Crippen LogP contribution >= 0.6 is 11.6 Å². The third-order valence-corrected chi connectivity index (χ3v) is 3.29. The third kappa shape index (κ3) is 3.30. The average Bonchev–Trinajstić information content (AvgIpc) is 2.36. The van der Waals surface area contributed by atoms with Crippen molar-refractivity contribution in [3.8, 4) is 11.5 Å². The summed E-state index contributed by atoms with van der Waals surface area (Å²) in [7, 11) is 0. The second kappa shape index (κ2) is 6.25. The zero-order valence-electron chi connectivity index (χ0n) is 11.5. The molecule has 0 amide bonds. The molecule has 0 atom stereocenters. The summed E-state index contributed by atoms with van der Waals surface area (Å²) in [5.41, 5.74) is 8.21. The van der Waals surface area contributed by atoms with Gasteiger partial charge in [0.05, 0.1) is 0 Å². The Morgan fingerprint density at radius 2 is 1.80 bits per heavy atom. The lowest BCUT2D eigenvalue weighted by Crippen LogP contribution is -2.05. The van der Waals surface area contributed by atoms with Crippen LogP contribution in [0.15, 0.2) is 30.3 Å². The molecule has 0 aliphatic rings. The molecule has 4 heteroatoms. The Morgan fingerprint density at radius 3 is 2.40 bits per heavy atom. The van der Waals surface area contributed by atoms with Crippen molar-refractivity contribution in [1.29, 1.82) is 0 Å². The number of hydrogen-bond donors (Lipinski definition) is 1. The van der Waals surface area contributed by atoms with Gasteiger partial charge in [-0.3, -0.25) is 0 Å². The van der Waals surface area contributed by atoms with E-state index in [1.165, 1.54) is 12.1 Å². The molecule has 0 fully saturated rings. The minimum atomic E-state index is -0.287. The summed E-state index contributed by atoms with van der Waals surface area (Å²) in [5, 5.41) is 0.675. The monoisotopic (exact) mass is 293 g/mol. The normalized spacial score (nSPS) is 10.7. The van der Waals surface area contributed by atoms with E-state index in [1.54, 1.807) is 6.07 Å². The van der Waals surface area contributed by atoms with Gasteiger partial charge in [-0.1, -0.05) is 11.6 Å². The van der Waals surface area contributed by atoms with E-state index in [4.69, 9.17) is 22.1 Å². The largest absolute Gasteiger partial charge is 0.457 e. The zero-order chi connectivity index (χ0) is 14.7. The Hall–Kier alpha value is -1.58. The van der Waals surface area contributed by atoms with Crippen molar-refractivity contribution in [3.63, 3.8) is 0 Å². The van der Waals surface area contributed by atoms with Gasteiger partial charge in [0.25, 0.3) is 0 Å². The van der Waals surface area contributed by atoms with Crippen LogP contribution in [-0.2, 0) is 6.42 Å². The fourth-order valence-electron chi connectivity index (χ4n) is 2.17. The van der Waals surface area contributed by atoms with Crippen LogP contribution in [0.2, 0.25) is 5.02 Å². The summed E-state index contributed by atoms with van der Waals surface area (Å²) >= 11 is 6.01. The Balaban J connectivity index is 2.40. The molecule has 0 aromatic heterocycles. The second-order valence-electron chi connectivity index (χ2n) is 4.76. The van der Waals surface area contributed by atoms with E-state index in [-0.39, 0.29) is 5.82 Å². The van der Waals surface area contributed by atoms with Gasteiger partial charge in [-0.25, -0.2) is 4.39 Å². The lowest BCUT2D eigenvalue weighted by molar-refractivity contribution is 0.466. The van der Waals surface area contributed by atoms with E-state index in [9.17, 15) is 4.39 Å². The summed E-state index contributed by atoms with van der Waals surface area (Å²) in [6.07, 6.45) is 0.568. The van der Waals surface area contributed by atoms with Crippen molar-refractivity contribution in [2.24, 2.45) is 5.73 Å². The van der Waals surface area contributed by atoms with Crippen molar-refractivity contribution in [2.75, 3.05) is 6.54 Å². The van der Waals surface area contributed by atoms with Gasteiger partial charge in [-0.15, -0.1) is 0 Å². The molecule has 0 bridgehead atoms. The molecule has 0 saturated carbocycles. The first kappa shape index (κ1) is 14.8. The molecule has 2 rings (SSSR count). The van der Waals surface area contributed by atoms with Gasteiger partial charge in [-0.05, 0) is 73.8 Å². The predicted molar refractivity (Wildman–Crippen MR) is 80.2 cm³/mol. The SMILES string of the molecule is Cc1cc(Cl)cc(C)c1Oc1ccc(F)cc1CCN. The Morgan fingerprint density at radius 1 is 1.15 bits per heavy atom. The number of aryl methyl sites for hydroxylation is 2. The predicted octanol–water partition coefficient (Wildman–Crippen LogP) is 4.39. The van der Waals surface area contributed by atoms with E-state index < -0.39 is 0 Å². The number of ether oxygens (including phenoxy) is 1. The van der Waals surface area contributed by atoms with Crippen LogP contribution < -0.4 is 10.5 Å². The van der Waals surface area contributed by atoms with E-state index in [1.807, 2.05) is 26.0 Å². The maximum absolute atomic E-state index is 13.3. The highest BCUT2D eigenvalue weighted by atomic mass is 35.5. The van der Waals surface area contributed by atoms with Crippen molar-refractivity contribution >= 4 is 11.6 Å². The molecule has 2 aromatic rings. The van der Waals surface area contributed by atoms with E-state index in [0.717, 1.165) is 22.4 Å². The van der Waals surface area contributed by atoms with Gasteiger partial charge in [0.15, 0.2) is 0 Å². The molecule has 2 nitrogen and oxygen atoms in total. The molecular formula is C16H17ClFNO. The molecule has 20 heavy (non-hydrogen) atoms. The smallest absolute Gasteiger partial charge is 0.133 e. The summed E-state index contributed by atoms with van der Waals surface area (Å²) in [6.45, 7) is 4.30. The lowest BCUT2D eigenvalue weighted by atomic mass is 10.1. The second-order valence-corrected chi connectivity index (χ2v) is 5.20. The Kier molecular flexibility index (Phi) is 4.63. The van der Waals surface area contributed by atoms with Crippen LogP contribution in [0.1, 0.15) is 16.7 Å². The zero-order valence-corrected chi connectivity index (χ0v) is 12.3. The summed E-state index contributed by atoms with van der Waals surface area (Å²) in [6, 6.07) is 8.17. The molecule has 0 unspecified atom stereocenters. The van der Waals surface area contributed by atoms with Crippen molar-refractivity contribution < 1.29 is 9.13 Å². The number of hydrogen-bond acceptors (Lipinski definition) is 2. The van der Waals surface area contributed by atoms with Crippen LogP contribution in [0.4, 0.5) is 4.39 Å². The van der Waals surface area contributed by atoms with Gasteiger partial charge < -0.3 is 10.5 Å². The molecule has 0 aliphatic heterocycles. The van der Waals surface area contributed by atoms with Gasteiger partial charge in [0, 0.05) is 5.02 Å². The van der Waals surface area contributed by atoms with Crippen LogP contribution in [0.3, 0.4) is 0 Å². The first-order chi connectivity index (χ1) is 9.51. The lowest BCUT2D eigenvalue weighted by Gasteiger charge is -2.15. The van der Waals surface area contributed by atoms with Crippen molar-refractivity contribution in [1.82, 2.24) is 0 Å². The number of halogens is 2. The molecule has 2 N–H and O–H groups in total. The van der Waals surface area contributed by atoms with E-state index >= 15 is 0 Å². The molecule has 106 valence electrons. The fraction of sp³-hybridized carbons (Fsp3) is 0.250. The molecule has 0 spiro atoms. The van der Waals surface area contributed by atoms with E-state index in [0.29, 0.717) is 23.7 Å². The molecule has 0 saturated heterocycles. The maximum Gasteiger partial charge on any atom is 0.133 e. The first-order valence-electron chi connectivity index (χ1n) is 6.44. The molecule has 0 heterocycles. The Bertz CT molecular complexity index is 605. The number of benzene rings is 2. The molecule has 0 aliphatic carbocycles. The highest BCUT2D eigenvalue weighted by molar-refractivity contribution is 6.30. The number of rotatable bonds is 4. The summed E-state index contributed by atoms with van der Waals surface area (Å²) in [4.78, 5) is 0. The quantitative estimate of drug-likeness (QED) is 0.907. The van der Waals surface area contributed by atoms with Crippen LogP contribution in [-0.4, -0.2) is 6.54 Å². The Labute approximate surface area is 123 Å². The van der Waals surface area contributed by atoms with E-state index in [2.05, 4.69) is 0 Å². The molecular weight excluding hydrogens is 277 g/mol. The van der Waals surface area contributed by atoms with Crippen LogP contribution in [0, 0.1) is 19.7 Å². The maximum atomic E-state index is 13.3. The number of nitrogens with two attached hydrogens (primary N) is 1. The van der Waals surface area contributed by atoms with Crippen LogP contribution in [0.25, 0.3) is 0 Å². The van der Waals surface area contributed by atoms with Gasteiger partial charge >= 0.3 is 0 Å². The van der Waals surface area contributed by atoms with Crippen LogP contribution in [0.5, 0.6) is 11.5 Å². The molecule has 2 aromatic carbocycles. The highest BCUT2D eigenvalue weighted by Gasteiger charge is 2.11. The summed E-state index contributed by atoms with van der Waals surface area (Å²) in [5.74, 6) is 1.09. The minimum absolute atomic E-state index is 0.287. The topological polar surface area (TPSA) is 35.2 Å². The summed E-state index contributed by atoms with van der Waals surface area (Å²) < 4.78 is 19.3. The van der Waals surface area contributed by atoms with Gasteiger partial charge in [0.2, 0.25) is 0 Å². The van der Waals surface area contributed by atoms with Gasteiger partial charge in [0.1, 0.15) is 17.3 Å². The average molecular weight is 294 g/mol. The van der Waals surface area contributed by atoms with Crippen molar-refractivity contribution in [2.45, 2.75) is 20.3 Å². The highest BCUT2D eigenvalue weighted by Crippen LogP contribution is 2.33. The van der Waals surface area contributed by atoms with Crippen molar-refractivity contribution in [3.05, 3.63) is 57.9 Å². The minimum Gasteiger partial charge on any atom is -0.457 e.